The maximum atomic E-state index is 10.2. The third-order valence-corrected chi connectivity index (χ3v) is 0.585. The van der Waals surface area contributed by atoms with Crippen LogP contribution in [0.15, 0.2) is 12.7 Å². The lowest BCUT2D eigenvalue weighted by Gasteiger charge is -2.05. The number of hydrogen-bond acceptors (Lipinski definition) is 4. The summed E-state index contributed by atoms with van der Waals surface area (Å²) in [7, 11) is 1.21. The largest absolute Gasteiger partial charge is 0.407 e. The van der Waals surface area contributed by atoms with Crippen LogP contribution in [0.3, 0.4) is 0 Å². The molecule has 0 spiro atoms. The standard InChI is InChI=1S/C5H8O4/c1-3-4(6)9-5(7)8-2/h3,5,7H,1H2,2H3. The van der Waals surface area contributed by atoms with Crippen molar-refractivity contribution in [2.24, 2.45) is 0 Å². The second kappa shape index (κ2) is 4.05. The molecule has 0 amide bonds. The summed E-state index contributed by atoms with van der Waals surface area (Å²) in [4.78, 5) is 10.2. The summed E-state index contributed by atoms with van der Waals surface area (Å²) in [5.41, 5.74) is 0. The van der Waals surface area contributed by atoms with Crippen molar-refractivity contribution in [3.8, 4) is 0 Å². The van der Waals surface area contributed by atoms with Crippen molar-refractivity contribution < 1.29 is 19.4 Å². The number of methoxy groups -OCH3 is 1. The number of ether oxygens (including phenoxy) is 2. The minimum atomic E-state index is -1.49. The van der Waals surface area contributed by atoms with Crippen LogP contribution in [0.1, 0.15) is 0 Å². The molecule has 4 nitrogen and oxygen atoms in total. The van der Waals surface area contributed by atoms with E-state index in [-0.39, 0.29) is 0 Å². The first-order valence-corrected chi connectivity index (χ1v) is 2.24. The Bertz CT molecular complexity index is 110. The van der Waals surface area contributed by atoms with Crippen molar-refractivity contribution in [1.82, 2.24) is 0 Å². The summed E-state index contributed by atoms with van der Waals surface area (Å²) < 4.78 is 8.31. The van der Waals surface area contributed by atoms with Gasteiger partial charge < -0.3 is 14.6 Å². The molecular weight excluding hydrogens is 124 g/mol. The normalized spacial score (nSPS) is 12.2. The van der Waals surface area contributed by atoms with Gasteiger partial charge in [-0.05, 0) is 0 Å². The summed E-state index contributed by atoms with van der Waals surface area (Å²) >= 11 is 0. The highest BCUT2D eigenvalue weighted by molar-refractivity contribution is 5.81. The fraction of sp³-hybridized carbons (Fsp3) is 0.400. The zero-order valence-electron chi connectivity index (χ0n) is 5.03. The minimum absolute atomic E-state index is 0.718. The Morgan fingerprint density at radius 3 is 2.78 bits per heavy atom. The zero-order chi connectivity index (χ0) is 7.28. The van der Waals surface area contributed by atoms with E-state index in [4.69, 9.17) is 5.11 Å². The van der Waals surface area contributed by atoms with Crippen LogP contribution in [-0.2, 0) is 14.3 Å². The molecule has 1 unspecified atom stereocenters. The fourth-order valence-electron chi connectivity index (χ4n) is 0.196. The number of aliphatic hydroxyl groups excluding tert-OH is 1. The van der Waals surface area contributed by atoms with Gasteiger partial charge in [-0.25, -0.2) is 4.79 Å². The van der Waals surface area contributed by atoms with Gasteiger partial charge in [-0.1, -0.05) is 6.58 Å². The molecule has 0 saturated heterocycles. The molecule has 9 heavy (non-hydrogen) atoms. The van der Waals surface area contributed by atoms with Gasteiger partial charge in [0, 0.05) is 13.2 Å². The fourth-order valence-corrected chi connectivity index (χ4v) is 0.196. The summed E-state index contributed by atoms with van der Waals surface area (Å²) in [5.74, 6) is -0.718. The van der Waals surface area contributed by atoms with Crippen molar-refractivity contribution in [2.45, 2.75) is 6.48 Å². The lowest BCUT2D eigenvalue weighted by molar-refractivity contribution is -0.238. The van der Waals surface area contributed by atoms with E-state index in [9.17, 15) is 4.79 Å². The smallest absolute Gasteiger partial charge is 0.334 e. The number of carbonyl (C=O) groups excluding carboxylic acids is 1. The van der Waals surface area contributed by atoms with Crippen LogP contribution in [0, 0.1) is 0 Å². The highest BCUT2D eigenvalue weighted by Gasteiger charge is 2.03. The Balaban J connectivity index is 3.46. The first-order chi connectivity index (χ1) is 4.20. The van der Waals surface area contributed by atoms with Gasteiger partial charge >= 0.3 is 12.4 Å². The van der Waals surface area contributed by atoms with Crippen molar-refractivity contribution >= 4 is 5.97 Å². The molecule has 0 saturated carbocycles. The number of esters is 1. The molecule has 1 N–H and O–H groups in total. The number of hydrogen-bond donors (Lipinski definition) is 1. The van der Waals surface area contributed by atoms with E-state index in [0.29, 0.717) is 0 Å². The van der Waals surface area contributed by atoms with E-state index in [0.717, 1.165) is 6.08 Å². The van der Waals surface area contributed by atoms with Gasteiger partial charge in [0.05, 0.1) is 0 Å². The van der Waals surface area contributed by atoms with Gasteiger partial charge in [0.25, 0.3) is 0 Å². The van der Waals surface area contributed by atoms with Crippen LogP contribution in [-0.4, -0.2) is 24.7 Å². The van der Waals surface area contributed by atoms with E-state index in [1.165, 1.54) is 7.11 Å². The van der Waals surface area contributed by atoms with Crippen LogP contribution in [0.5, 0.6) is 0 Å². The maximum absolute atomic E-state index is 10.2. The van der Waals surface area contributed by atoms with Crippen molar-refractivity contribution in [3.63, 3.8) is 0 Å². The Morgan fingerprint density at radius 2 is 2.44 bits per heavy atom. The average Bonchev–Trinajstić information content (AvgIpc) is 1.87. The monoisotopic (exact) mass is 132 g/mol. The second-order valence-corrected chi connectivity index (χ2v) is 1.18. The summed E-state index contributed by atoms with van der Waals surface area (Å²) in [6.45, 7) is 1.62. The molecule has 0 aliphatic carbocycles. The third kappa shape index (κ3) is 3.69. The molecule has 0 radical (unpaired) electrons. The topological polar surface area (TPSA) is 55.8 Å². The second-order valence-electron chi connectivity index (χ2n) is 1.18. The molecular formula is C5H8O4. The zero-order valence-corrected chi connectivity index (χ0v) is 5.03. The lowest BCUT2D eigenvalue weighted by atomic mass is 10.7. The quantitative estimate of drug-likeness (QED) is 0.323. The van der Waals surface area contributed by atoms with Crippen LogP contribution in [0.25, 0.3) is 0 Å². The first-order valence-electron chi connectivity index (χ1n) is 2.24. The average molecular weight is 132 g/mol. The molecule has 4 heteroatoms. The summed E-state index contributed by atoms with van der Waals surface area (Å²) in [5, 5.41) is 8.45. The van der Waals surface area contributed by atoms with E-state index in [1.54, 1.807) is 0 Å². The molecule has 0 heterocycles. The molecule has 52 valence electrons. The van der Waals surface area contributed by atoms with Gasteiger partial charge in [0.2, 0.25) is 0 Å². The summed E-state index contributed by atoms with van der Waals surface area (Å²) in [6, 6.07) is 0. The highest BCUT2D eigenvalue weighted by atomic mass is 16.8. The first kappa shape index (κ1) is 8.13. The van der Waals surface area contributed by atoms with Crippen LogP contribution >= 0.6 is 0 Å². The van der Waals surface area contributed by atoms with Gasteiger partial charge in [-0.15, -0.1) is 0 Å². The van der Waals surface area contributed by atoms with E-state index in [1.807, 2.05) is 0 Å². The number of rotatable bonds is 3. The Labute approximate surface area is 52.7 Å². The molecule has 0 aliphatic heterocycles. The van der Waals surface area contributed by atoms with Gasteiger partial charge in [0.15, 0.2) is 0 Å². The van der Waals surface area contributed by atoms with E-state index < -0.39 is 12.4 Å². The number of aliphatic hydroxyl groups is 1. The van der Waals surface area contributed by atoms with Crippen LogP contribution in [0.4, 0.5) is 0 Å². The van der Waals surface area contributed by atoms with Crippen LogP contribution in [0.2, 0.25) is 0 Å². The van der Waals surface area contributed by atoms with Crippen molar-refractivity contribution in [3.05, 3.63) is 12.7 Å². The maximum Gasteiger partial charge on any atom is 0.334 e. The Hall–Kier alpha value is -0.870. The highest BCUT2D eigenvalue weighted by Crippen LogP contribution is 1.87. The van der Waals surface area contributed by atoms with Gasteiger partial charge in [-0.3, -0.25) is 0 Å². The molecule has 1 atom stereocenters. The van der Waals surface area contributed by atoms with Crippen molar-refractivity contribution in [2.75, 3.05) is 7.11 Å². The minimum Gasteiger partial charge on any atom is -0.407 e. The molecule has 0 aliphatic rings. The Morgan fingerprint density at radius 1 is 1.89 bits per heavy atom. The third-order valence-electron chi connectivity index (χ3n) is 0.585. The predicted molar refractivity (Wildman–Crippen MR) is 29.3 cm³/mol. The van der Waals surface area contributed by atoms with Gasteiger partial charge in [-0.2, -0.15) is 0 Å². The molecule has 0 aromatic carbocycles. The molecule has 0 rings (SSSR count). The van der Waals surface area contributed by atoms with Crippen molar-refractivity contribution in [1.29, 1.82) is 0 Å². The molecule has 0 fully saturated rings. The molecule has 0 aromatic rings. The molecule has 0 bridgehead atoms. The van der Waals surface area contributed by atoms with E-state index in [2.05, 4.69) is 16.1 Å². The van der Waals surface area contributed by atoms with Crippen LogP contribution < -0.4 is 0 Å². The lowest BCUT2D eigenvalue weighted by Crippen LogP contribution is -2.17. The van der Waals surface area contributed by atoms with E-state index >= 15 is 0 Å². The summed E-state index contributed by atoms with van der Waals surface area (Å²) in [6.07, 6.45) is 0.933. The molecule has 0 aromatic heterocycles. The predicted octanol–water partition coefficient (Wildman–Crippen LogP) is -0.362. The van der Waals surface area contributed by atoms with Gasteiger partial charge in [0.1, 0.15) is 0 Å². The Kier molecular flexibility index (Phi) is 3.66. The number of carbonyl (C=O) groups is 1. The SMILES string of the molecule is C=CC(=O)OC(O)OC.